The van der Waals surface area contributed by atoms with Gasteiger partial charge in [-0.05, 0) is 60.2 Å². The van der Waals surface area contributed by atoms with Gasteiger partial charge in [0.15, 0.2) is 0 Å². The Bertz CT molecular complexity index is 1120. The molecule has 5 nitrogen and oxygen atoms in total. The molecule has 1 atom stereocenters. The fourth-order valence-corrected chi connectivity index (χ4v) is 7.03. The molecule has 7 heteroatoms. The summed E-state index contributed by atoms with van der Waals surface area (Å²) in [6.45, 7) is 0.652. The molecule has 1 aliphatic heterocycles. The van der Waals surface area contributed by atoms with Gasteiger partial charge in [0.2, 0.25) is 0 Å². The Balaban J connectivity index is 1.51. The van der Waals surface area contributed by atoms with Crippen LogP contribution >= 0.6 is 22.7 Å². The minimum absolute atomic E-state index is 0.110. The van der Waals surface area contributed by atoms with Gasteiger partial charge in [0.05, 0.1) is 18.8 Å². The highest BCUT2D eigenvalue weighted by atomic mass is 32.1. The molecule has 2 amide bonds. The second kappa shape index (κ2) is 8.48. The van der Waals surface area contributed by atoms with Gasteiger partial charge in [0.1, 0.15) is 4.88 Å². The molecule has 31 heavy (non-hydrogen) atoms. The van der Waals surface area contributed by atoms with Crippen LogP contribution in [0.5, 0.6) is 0 Å². The summed E-state index contributed by atoms with van der Waals surface area (Å²) in [6.07, 6.45) is 5.70. The Kier molecular flexibility index (Phi) is 5.54. The molecule has 3 aromatic rings. The number of nitrogens with zero attached hydrogens (tertiary/aromatic N) is 1. The van der Waals surface area contributed by atoms with Crippen molar-refractivity contribution in [2.75, 3.05) is 19.0 Å². The van der Waals surface area contributed by atoms with E-state index in [4.69, 9.17) is 4.74 Å². The van der Waals surface area contributed by atoms with E-state index in [0.717, 1.165) is 24.8 Å². The van der Waals surface area contributed by atoms with Crippen molar-refractivity contribution < 1.29 is 14.3 Å². The number of anilines is 1. The smallest absolute Gasteiger partial charge is 0.350 e. The van der Waals surface area contributed by atoms with E-state index in [-0.39, 0.29) is 12.1 Å². The lowest BCUT2D eigenvalue weighted by Crippen LogP contribution is -2.42. The summed E-state index contributed by atoms with van der Waals surface area (Å²) >= 11 is 3.16. The van der Waals surface area contributed by atoms with Crippen molar-refractivity contribution in [3.05, 3.63) is 73.1 Å². The highest BCUT2D eigenvalue weighted by Gasteiger charge is 2.36. The van der Waals surface area contributed by atoms with Crippen molar-refractivity contribution >= 4 is 40.4 Å². The number of hydrogen-bond acceptors (Lipinski definition) is 5. The molecule has 0 saturated carbocycles. The molecule has 2 aliphatic rings. The van der Waals surface area contributed by atoms with E-state index in [0.29, 0.717) is 17.1 Å². The second-order valence-electron chi connectivity index (χ2n) is 7.90. The molecule has 0 fully saturated rings. The van der Waals surface area contributed by atoms with Gasteiger partial charge in [0, 0.05) is 16.3 Å². The number of carbonyl (C=O) groups excluding carboxylic acids is 2. The standard InChI is InChI=1S/C24H24N2O3S2/c1-29-23(27)22-18(12-14-30-22)25-24(28)26-13-11-17-16-9-5-6-10-19(16)31-21(17)20(26)15-7-3-2-4-8-15/h2-4,7-8,12,14,20H,5-6,9-11,13H2,1H3,(H,25,28)/t20-/m1/s1. The van der Waals surface area contributed by atoms with Crippen molar-refractivity contribution in [1.29, 1.82) is 0 Å². The molecule has 1 N–H and O–H groups in total. The molecule has 0 saturated heterocycles. The third-order valence-electron chi connectivity index (χ3n) is 6.13. The van der Waals surface area contributed by atoms with E-state index < -0.39 is 5.97 Å². The normalized spacial score (nSPS) is 17.6. The van der Waals surface area contributed by atoms with Gasteiger partial charge in [0.25, 0.3) is 0 Å². The highest BCUT2D eigenvalue weighted by molar-refractivity contribution is 7.13. The average Bonchev–Trinajstić information content (AvgIpc) is 3.42. The minimum Gasteiger partial charge on any atom is -0.465 e. The number of ether oxygens (including phenoxy) is 1. The number of nitrogens with one attached hydrogen (secondary N) is 1. The van der Waals surface area contributed by atoms with E-state index >= 15 is 0 Å². The van der Waals surface area contributed by atoms with Gasteiger partial charge in [-0.15, -0.1) is 22.7 Å². The molecule has 0 bridgehead atoms. The van der Waals surface area contributed by atoms with E-state index in [1.165, 1.54) is 52.2 Å². The zero-order valence-corrected chi connectivity index (χ0v) is 19.0. The first-order chi connectivity index (χ1) is 15.2. The first-order valence-corrected chi connectivity index (χ1v) is 12.3. The van der Waals surface area contributed by atoms with Crippen LogP contribution in [0.4, 0.5) is 10.5 Å². The van der Waals surface area contributed by atoms with E-state index in [2.05, 4.69) is 17.4 Å². The van der Waals surface area contributed by atoms with Crippen molar-refractivity contribution in [3.63, 3.8) is 0 Å². The van der Waals surface area contributed by atoms with Crippen LogP contribution in [0.2, 0.25) is 0 Å². The molecule has 3 heterocycles. The first kappa shape index (κ1) is 20.3. The average molecular weight is 453 g/mol. The molecule has 0 unspecified atom stereocenters. The van der Waals surface area contributed by atoms with Gasteiger partial charge in [-0.25, -0.2) is 9.59 Å². The minimum atomic E-state index is -0.434. The lowest BCUT2D eigenvalue weighted by atomic mass is 9.88. The third-order valence-corrected chi connectivity index (χ3v) is 8.41. The van der Waals surface area contributed by atoms with E-state index in [1.807, 2.05) is 34.4 Å². The lowest BCUT2D eigenvalue weighted by Gasteiger charge is -2.36. The van der Waals surface area contributed by atoms with Crippen LogP contribution in [0.1, 0.15) is 55.0 Å². The third kappa shape index (κ3) is 3.66. The Hall–Kier alpha value is -2.64. The number of methoxy groups -OCH3 is 1. The molecule has 160 valence electrons. The summed E-state index contributed by atoms with van der Waals surface area (Å²) in [5.74, 6) is -0.434. The maximum atomic E-state index is 13.4. The van der Waals surface area contributed by atoms with Crippen molar-refractivity contribution in [1.82, 2.24) is 4.90 Å². The summed E-state index contributed by atoms with van der Waals surface area (Å²) < 4.78 is 4.85. The SMILES string of the molecule is COC(=O)c1sccc1NC(=O)N1CCc2c(sc3c2CCCC3)[C@H]1c1ccccc1. The fraction of sp³-hybridized carbons (Fsp3) is 0.333. The maximum Gasteiger partial charge on any atom is 0.350 e. The zero-order chi connectivity index (χ0) is 21.4. The number of amides is 2. The Labute approximate surface area is 189 Å². The number of thiophene rings is 2. The van der Waals surface area contributed by atoms with Crippen molar-refractivity contribution in [2.45, 2.75) is 38.1 Å². The maximum absolute atomic E-state index is 13.4. The van der Waals surface area contributed by atoms with E-state index in [9.17, 15) is 9.59 Å². The molecule has 0 radical (unpaired) electrons. The van der Waals surface area contributed by atoms with Crippen LogP contribution in [0.3, 0.4) is 0 Å². The molecular weight excluding hydrogens is 428 g/mol. The molecule has 2 aromatic heterocycles. The van der Waals surface area contributed by atoms with E-state index in [1.54, 1.807) is 11.4 Å². The van der Waals surface area contributed by atoms with Gasteiger partial charge >= 0.3 is 12.0 Å². The van der Waals surface area contributed by atoms with Crippen LogP contribution in [-0.2, 0) is 24.0 Å². The topological polar surface area (TPSA) is 58.6 Å². The van der Waals surface area contributed by atoms with Crippen molar-refractivity contribution in [3.8, 4) is 0 Å². The lowest BCUT2D eigenvalue weighted by molar-refractivity contribution is 0.0607. The summed E-state index contributed by atoms with van der Waals surface area (Å²) in [7, 11) is 1.35. The number of hydrogen-bond donors (Lipinski definition) is 1. The number of carbonyl (C=O) groups is 2. The van der Waals surface area contributed by atoms with Gasteiger partial charge in [-0.3, -0.25) is 0 Å². The first-order valence-electron chi connectivity index (χ1n) is 10.6. The summed E-state index contributed by atoms with van der Waals surface area (Å²) in [4.78, 5) is 30.6. The number of rotatable bonds is 3. The Morgan fingerprint density at radius 1 is 1.06 bits per heavy atom. The predicted molar refractivity (Wildman–Crippen MR) is 124 cm³/mol. The second-order valence-corrected chi connectivity index (χ2v) is 9.95. The molecule has 1 aromatic carbocycles. The Morgan fingerprint density at radius 2 is 1.87 bits per heavy atom. The highest BCUT2D eigenvalue weighted by Crippen LogP contribution is 2.45. The van der Waals surface area contributed by atoms with Gasteiger partial charge in [-0.2, -0.15) is 0 Å². The Morgan fingerprint density at radius 3 is 2.68 bits per heavy atom. The van der Waals surface area contributed by atoms with Crippen LogP contribution in [0, 0.1) is 0 Å². The largest absolute Gasteiger partial charge is 0.465 e. The number of urea groups is 1. The molecular formula is C24H24N2O3S2. The zero-order valence-electron chi connectivity index (χ0n) is 17.3. The quantitative estimate of drug-likeness (QED) is 0.522. The predicted octanol–water partition coefficient (Wildman–Crippen LogP) is 5.65. The monoisotopic (exact) mass is 452 g/mol. The summed E-state index contributed by atoms with van der Waals surface area (Å²) in [5.41, 5.74) is 4.63. The summed E-state index contributed by atoms with van der Waals surface area (Å²) in [5, 5.41) is 4.76. The molecule has 0 spiro atoms. The van der Waals surface area contributed by atoms with Gasteiger partial charge in [-0.1, -0.05) is 30.3 Å². The number of benzene rings is 1. The number of esters is 1. The fourth-order valence-electron chi connectivity index (χ4n) is 4.68. The molecule has 5 rings (SSSR count). The summed E-state index contributed by atoms with van der Waals surface area (Å²) in [6, 6.07) is 11.7. The van der Waals surface area contributed by atoms with Crippen LogP contribution in [0.25, 0.3) is 0 Å². The molecule has 1 aliphatic carbocycles. The number of fused-ring (bicyclic) bond motifs is 3. The van der Waals surface area contributed by atoms with Crippen LogP contribution in [0.15, 0.2) is 41.8 Å². The van der Waals surface area contributed by atoms with Crippen molar-refractivity contribution in [2.24, 2.45) is 0 Å². The van der Waals surface area contributed by atoms with Gasteiger partial charge < -0.3 is 15.0 Å². The van der Waals surface area contributed by atoms with Crippen LogP contribution in [-0.4, -0.2) is 30.6 Å². The number of aryl methyl sites for hydroxylation is 1. The van der Waals surface area contributed by atoms with Crippen LogP contribution < -0.4 is 5.32 Å².